The van der Waals surface area contributed by atoms with Crippen LogP contribution in [0.5, 0.6) is 0 Å². The van der Waals surface area contributed by atoms with Crippen molar-refractivity contribution in [1.29, 1.82) is 0 Å². The van der Waals surface area contributed by atoms with Crippen molar-refractivity contribution in [3.05, 3.63) is 5.01 Å². The van der Waals surface area contributed by atoms with Crippen LogP contribution in [0.15, 0.2) is 0 Å². The Morgan fingerprint density at radius 3 is 2.87 bits per heavy atom. The van der Waals surface area contributed by atoms with Gasteiger partial charge in [-0.05, 0) is 45.7 Å². The minimum absolute atomic E-state index is 0.0613. The summed E-state index contributed by atoms with van der Waals surface area (Å²) in [6.07, 6.45) is 6.85. The highest BCUT2D eigenvalue weighted by molar-refractivity contribution is 7.15. The molecule has 2 saturated heterocycles. The van der Waals surface area contributed by atoms with Gasteiger partial charge in [-0.25, -0.2) is 0 Å². The van der Waals surface area contributed by atoms with Crippen LogP contribution in [0.4, 0.5) is 5.13 Å². The maximum Gasteiger partial charge on any atom is 0.227 e. The van der Waals surface area contributed by atoms with Crippen LogP contribution in [0, 0.1) is 0 Å². The third kappa shape index (κ3) is 3.56. The van der Waals surface area contributed by atoms with Crippen LogP contribution >= 0.6 is 11.3 Å². The van der Waals surface area contributed by atoms with Crippen molar-refractivity contribution < 1.29 is 4.79 Å². The van der Waals surface area contributed by atoms with E-state index >= 15 is 0 Å². The molecule has 3 aliphatic rings. The maximum absolute atomic E-state index is 12.2. The number of likely N-dealkylation sites (N-methyl/N-ethyl adjacent to an activating group) is 1. The molecule has 1 aromatic heterocycles. The van der Waals surface area contributed by atoms with Crippen molar-refractivity contribution in [3.8, 4) is 0 Å². The smallest absolute Gasteiger partial charge is 0.227 e. The first-order chi connectivity index (χ1) is 11.2. The number of hydrogen-bond acceptors (Lipinski definition) is 6. The molecule has 0 spiro atoms. The Morgan fingerprint density at radius 2 is 2.04 bits per heavy atom. The third-order valence-corrected chi connectivity index (χ3v) is 6.50. The van der Waals surface area contributed by atoms with E-state index in [2.05, 4.69) is 32.4 Å². The molecular weight excluding hydrogens is 310 g/mol. The molecule has 1 saturated carbocycles. The van der Waals surface area contributed by atoms with E-state index in [1.165, 1.54) is 43.4 Å². The summed E-state index contributed by atoms with van der Waals surface area (Å²) in [5.41, 5.74) is 0. The number of nitrogens with zero attached hydrogens (tertiary/aromatic N) is 4. The van der Waals surface area contributed by atoms with Gasteiger partial charge in [0.1, 0.15) is 5.01 Å². The molecular formula is C16H25N5OS. The van der Waals surface area contributed by atoms with Gasteiger partial charge in [0.15, 0.2) is 0 Å². The fourth-order valence-corrected chi connectivity index (χ4v) is 4.73. The van der Waals surface area contributed by atoms with E-state index in [4.69, 9.17) is 0 Å². The second-order valence-electron chi connectivity index (χ2n) is 7.16. The number of likely N-dealkylation sites (tertiary alicyclic amines) is 1. The lowest BCUT2D eigenvalue weighted by molar-refractivity contribution is -0.116. The van der Waals surface area contributed by atoms with E-state index in [9.17, 15) is 4.79 Å². The molecule has 3 fully saturated rings. The van der Waals surface area contributed by atoms with E-state index in [-0.39, 0.29) is 5.91 Å². The second-order valence-corrected chi connectivity index (χ2v) is 8.17. The number of anilines is 1. The number of amides is 1. The van der Waals surface area contributed by atoms with E-state index < -0.39 is 0 Å². The van der Waals surface area contributed by atoms with Gasteiger partial charge >= 0.3 is 0 Å². The molecule has 23 heavy (non-hydrogen) atoms. The Balaban J connectivity index is 1.24. The molecule has 126 valence electrons. The van der Waals surface area contributed by atoms with Crippen LogP contribution in [-0.2, 0) is 4.79 Å². The molecule has 1 aliphatic carbocycles. The van der Waals surface area contributed by atoms with Crippen molar-refractivity contribution in [3.63, 3.8) is 0 Å². The molecule has 6 nitrogen and oxygen atoms in total. The molecule has 2 atom stereocenters. The van der Waals surface area contributed by atoms with E-state index in [1.54, 1.807) is 0 Å². The highest BCUT2D eigenvalue weighted by atomic mass is 32.1. The summed E-state index contributed by atoms with van der Waals surface area (Å²) in [4.78, 5) is 17.1. The van der Waals surface area contributed by atoms with Crippen molar-refractivity contribution in [2.75, 3.05) is 32.0 Å². The largest absolute Gasteiger partial charge is 0.301 e. The van der Waals surface area contributed by atoms with Crippen LogP contribution in [0.25, 0.3) is 0 Å². The monoisotopic (exact) mass is 335 g/mol. The first kappa shape index (κ1) is 15.5. The van der Waals surface area contributed by atoms with Gasteiger partial charge in [-0.1, -0.05) is 11.3 Å². The van der Waals surface area contributed by atoms with E-state index in [0.717, 1.165) is 30.7 Å². The first-order valence-corrected chi connectivity index (χ1v) is 9.58. The van der Waals surface area contributed by atoms with Gasteiger partial charge in [-0.2, -0.15) is 0 Å². The zero-order valence-electron chi connectivity index (χ0n) is 13.7. The normalized spacial score (nSPS) is 28.7. The number of carbonyl (C=O) groups excluding carboxylic acids is 1. The lowest BCUT2D eigenvalue weighted by Gasteiger charge is -2.25. The highest BCUT2D eigenvalue weighted by Crippen LogP contribution is 2.42. The van der Waals surface area contributed by atoms with Gasteiger partial charge in [0.05, 0.1) is 0 Å². The fourth-order valence-electron chi connectivity index (χ4n) is 3.80. The van der Waals surface area contributed by atoms with Crippen LogP contribution in [-0.4, -0.2) is 64.7 Å². The van der Waals surface area contributed by atoms with Gasteiger partial charge in [-0.15, -0.1) is 10.2 Å². The number of hydrogen-bond donors (Lipinski definition) is 1. The number of aromatic nitrogens is 2. The van der Waals surface area contributed by atoms with Gasteiger partial charge in [-0.3, -0.25) is 9.69 Å². The van der Waals surface area contributed by atoms with E-state index in [1.807, 2.05) is 0 Å². The molecule has 1 amide bonds. The first-order valence-electron chi connectivity index (χ1n) is 8.76. The molecule has 2 bridgehead atoms. The summed E-state index contributed by atoms with van der Waals surface area (Å²) in [5, 5.41) is 12.9. The highest BCUT2D eigenvalue weighted by Gasteiger charge is 2.34. The Labute approximate surface area is 141 Å². The zero-order chi connectivity index (χ0) is 15.8. The van der Waals surface area contributed by atoms with Crippen LogP contribution in [0.2, 0.25) is 0 Å². The van der Waals surface area contributed by atoms with Crippen LogP contribution in [0.1, 0.15) is 49.5 Å². The predicted molar refractivity (Wildman–Crippen MR) is 90.8 cm³/mol. The molecule has 0 aromatic carbocycles. The molecule has 1 aromatic rings. The summed E-state index contributed by atoms with van der Waals surface area (Å²) in [5.74, 6) is 0.661. The lowest BCUT2D eigenvalue weighted by Crippen LogP contribution is -2.37. The second kappa shape index (κ2) is 6.45. The Kier molecular flexibility index (Phi) is 4.34. The minimum Gasteiger partial charge on any atom is -0.301 e. The van der Waals surface area contributed by atoms with Crippen LogP contribution < -0.4 is 5.32 Å². The summed E-state index contributed by atoms with van der Waals surface area (Å²) in [6, 6.07) is 1.43. The molecule has 7 heteroatoms. The fraction of sp³-hybridized carbons (Fsp3) is 0.812. The van der Waals surface area contributed by atoms with Crippen LogP contribution in [0.3, 0.4) is 0 Å². The summed E-state index contributed by atoms with van der Waals surface area (Å²) in [7, 11) is 2.26. The molecule has 1 N–H and O–H groups in total. The summed E-state index contributed by atoms with van der Waals surface area (Å²) in [6.45, 7) is 3.06. The summed E-state index contributed by atoms with van der Waals surface area (Å²) >= 11 is 1.53. The maximum atomic E-state index is 12.2. The van der Waals surface area contributed by atoms with Gasteiger partial charge in [0.2, 0.25) is 11.0 Å². The number of carbonyl (C=O) groups is 1. The van der Waals surface area contributed by atoms with E-state index in [0.29, 0.717) is 23.5 Å². The van der Waals surface area contributed by atoms with Crippen molar-refractivity contribution in [2.45, 2.75) is 56.5 Å². The number of rotatable bonds is 5. The lowest BCUT2D eigenvalue weighted by atomic mass is 10.1. The molecule has 0 radical (unpaired) electrons. The average Bonchev–Trinajstić information content (AvgIpc) is 3.20. The van der Waals surface area contributed by atoms with Crippen molar-refractivity contribution >= 4 is 22.4 Å². The zero-order valence-corrected chi connectivity index (χ0v) is 14.5. The molecule has 4 rings (SSSR count). The van der Waals surface area contributed by atoms with Gasteiger partial charge in [0, 0.05) is 37.5 Å². The summed E-state index contributed by atoms with van der Waals surface area (Å²) < 4.78 is 0. The Bertz CT molecular complexity index is 573. The quantitative estimate of drug-likeness (QED) is 0.891. The predicted octanol–water partition coefficient (Wildman–Crippen LogP) is 1.91. The minimum atomic E-state index is 0.0613. The SMILES string of the molecule is CN1[C@@H]2CC[C@H]1CN(CCC(=O)Nc1nnc(C3CC3)s1)CC2. The van der Waals surface area contributed by atoms with Gasteiger partial charge < -0.3 is 10.2 Å². The molecule has 3 heterocycles. The molecule has 0 unspecified atom stereocenters. The third-order valence-electron chi connectivity index (χ3n) is 5.50. The van der Waals surface area contributed by atoms with Gasteiger partial charge in [0.25, 0.3) is 0 Å². The number of fused-ring (bicyclic) bond motifs is 2. The topological polar surface area (TPSA) is 61.4 Å². The molecule has 2 aliphatic heterocycles. The number of nitrogens with one attached hydrogen (secondary N) is 1. The van der Waals surface area contributed by atoms with Crippen molar-refractivity contribution in [1.82, 2.24) is 20.0 Å². The van der Waals surface area contributed by atoms with Crippen molar-refractivity contribution in [2.24, 2.45) is 0 Å². The Morgan fingerprint density at radius 1 is 1.22 bits per heavy atom. The standard InChI is InChI=1S/C16H25N5OS/c1-20-12-4-5-13(20)10-21(8-6-12)9-7-14(22)17-16-19-18-15(23-16)11-2-3-11/h11-13H,2-10H2,1H3,(H,17,19,22)/t12-,13+/m1/s1. The average molecular weight is 335 g/mol. The Hall–Kier alpha value is -1.05.